The van der Waals surface area contributed by atoms with Crippen LogP contribution in [0.5, 0.6) is 0 Å². The first-order valence-electron chi connectivity index (χ1n) is 10.2. The second kappa shape index (κ2) is 12.0. The largest absolute Gasteiger partial charge is 0.481 e. The Bertz CT molecular complexity index is 1050. The molecule has 1 aromatic heterocycles. The summed E-state index contributed by atoms with van der Waals surface area (Å²) in [4.78, 5) is 34.9. The van der Waals surface area contributed by atoms with Crippen LogP contribution in [0, 0.1) is 0 Å². The second-order valence-electron chi connectivity index (χ2n) is 6.90. The van der Waals surface area contributed by atoms with Gasteiger partial charge in [0, 0.05) is 19.2 Å². The summed E-state index contributed by atoms with van der Waals surface area (Å²) in [5, 5.41) is 18.3. The summed E-state index contributed by atoms with van der Waals surface area (Å²) in [6, 6.07) is 8.72. The van der Waals surface area contributed by atoms with Crippen molar-refractivity contribution < 1.29 is 19.5 Å². The fourth-order valence-electron chi connectivity index (χ4n) is 2.93. The van der Waals surface area contributed by atoms with Crippen LogP contribution < -0.4 is 10.6 Å². The number of carboxylic acids is 1. The van der Waals surface area contributed by atoms with E-state index in [1.807, 2.05) is 56.4 Å². The molecule has 0 atom stereocenters. The molecule has 0 unspecified atom stereocenters. The van der Waals surface area contributed by atoms with Crippen LogP contribution in [-0.2, 0) is 11.3 Å². The van der Waals surface area contributed by atoms with Crippen LogP contribution in [0.4, 0.5) is 0 Å². The normalized spacial score (nSPS) is 11.8. The molecular weight excluding hydrogens is 408 g/mol. The van der Waals surface area contributed by atoms with Crippen LogP contribution in [0.25, 0.3) is 5.57 Å². The van der Waals surface area contributed by atoms with Gasteiger partial charge in [0.15, 0.2) is 5.69 Å². The van der Waals surface area contributed by atoms with Crippen molar-refractivity contribution in [3.05, 3.63) is 83.2 Å². The Morgan fingerprint density at radius 2 is 1.81 bits per heavy atom. The van der Waals surface area contributed by atoms with Crippen LogP contribution in [0.1, 0.15) is 52.4 Å². The Morgan fingerprint density at radius 3 is 2.41 bits per heavy atom. The number of aliphatic carboxylic acids is 1. The second-order valence-corrected chi connectivity index (χ2v) is 6.90. The molecule has 0 saturated heterocycles. The molecule has 0 spiro atoms. The molecule has 0 radical (unpaired) electrons. The average molecular weight is 437 g/mol. The lowest BCUT2D eigenvalue weighted by molar-refractivity contribution is -0.136. The van der Waals surface area contributed by atoms with E-state index in [2.05, 4.69) is 15.7 Å². The Hall–Kier alpha value is -3.94. The number of aromatic nitrogens is 2. The van der Waals surface area contributed by atoms with Gasteiger partial charge in [-0.2, -0.15) is 5.10 Å². The lowest BCUT2D eigenvalue weighted by Crippen LogP contribution is -2.25. The summed E-state index contributed by atoms with van der Waals surface area (Å²) < 4.78 is 1.75. The Morgan fingerprint density at radius 1 is 1.09 bits per heavy atom. The lowest BCUT2D eigenvalue weighted by atomic mass is 10.1. The molecule has 0 aliphatic rings. The van der Waals surface area contributed by atoms with Crippen LogP contribution in [0.15, 0.2) is 60.7 Å². The molecule has 0 bridgehead atoms. The number of carboxylic acid groups (broad SMARTS) is 1. The third-order valence-electron chi connectivity index (χ3n) is 4.52. The highest BCUT2D eigenvalue weighted by molar-refractivity contribution is 5.94. The van der Waals surface area contributed by atoms with Crippen LogP contribution in [0.2, 0.25) is 0 Å². The van der Waals surface area contributed by atoms with Crippen molar-refractivity contribution >= 4 is 23.4 Å². The Labute approximate surface area is 187 Å². The molecule has 3 N–H and O–H groups in total. The maximum Gasteiger partial charge on any atom is 0.305 e. The first kappa shape index (κ1) is 24.3. The molecule has 2 rings (SSSR count). The van der Waals surface area contributed by atoms with Crippen LogP contribution in [0.3, 0.4) is 0 Å². The lowest BCUT2D eigenvalue weighted by Gasteiger charge is -2.09. The van der Waals surface area contributed by atoms with E-state index in [0.29, 0.717) is 17.8 Å². The SMILES string of the molecule is C\C=C/C=C(\C=C/C)c1cc(C(=O)NC)nn1Cc1ccc(C(=O)NCCC(=O)O)cc1. The molecule has 8 heteroatoms. The number of nitrogens with zero attached hydrogens (tertiary/aromatic N) is 2. The molecule has 2 aromatic rings. The van der Waals surface area contributed by atoms with Crippen molar-refractivity contribution in [2.45, 2.75) is 26.8 Å². The number of carbonyl (C=O) groups excluding carboxylic acids is 2. The Balaban J connectivity index is 2.29. The van der Waals surface area contributed by atoms with E-state index in [9.17, 15) is 14.4 Å². The van der Waals surface area contributed by atoms with E-state index in [4.69, 9.17) is 5.11 Å². The number of hydrogen-bond acceptors (Lipinski definition) is 4. The molecule has 0 saturated carbocycles. The molecule has 0 fully saturated rings. The van der Waals surface area contributed by atoms with Crippen molar-refractivity contribution in [1.82, 2.24) is 20.4 Å². The third-order valence-corrected chi connectivity index (χ3v) is 4.52. The highest BCUT2D eigenvalue weighted by Gasteiger charge is 2.15. The molecule has 2 amide bonds. The number of benzene rings is 1. The fraction of sp³-hybridized carbons (Fsp3) is 0.250. The van der Waals surface area contributed by atoms with Gasteiger partial charge in [-0.25, -0.2) is 0 Å². The van der Waals surface area contributed by atoms with Gasteiger partial charge < -0.3 is 15.7 Å². The monoisotopic (exact) mass is 436 g/mol. The highest BCUT2D eigenvalue weighted by atomic mass is 16.4. The number of nitrogens with one attached hydrogen (secondary N) is 2. The zero-order valence-electron chi connectivity index (χ0n) is 18.5. The smallest absolute Gasteiger partial charge is 0.305 e. The minimum atomic E-state index is -0.965. The van der Waals surface area contributed by atoms with Gasteiger partial charge >= 0.3 is 5.97 Å². The maximum atomic E-state index is 12.2. The van der Waals surface area contributed by atoms with Gasteiger partial charge in [0.2, 0.25) is 0 Å². The van der Waals surface area contributed by atoms with Crippen molar-refractivity contribution in [2.75, 3.05) is 13.6 Å². The van der Waals surface area contributed by atoms with E-state index in [0.717, 1.165) is 16.8 Å². The molecule has 168 valence electrons. The molecule has 1 heterocycles. The van der Waals surface area contributed by atoms with Gasteiger partial charge in [-0.05, 0) is 43.2 Å². The van der Waals surface area contributed by atoms with Gasteiger partial charge in [-0.15, -0.1) is 0 Å². The summed E-state index contributed by atoms with van der Waals surface area (Å²) in [6.07, 6.45) is 9.53. The van der Waals surface area contributed by atoms with Crippen LogP contribution in [-0.4, -0.2) is 46.3 Å². The van der Waals surface area contributed by atoms with Gasteiger partial charge in [0.25, 0.3) is 11.8 Å². The summed E-state index contributed by atoms with van der Waals surface area (Å²) in [7, 11) is 1.56. The molecular formula is C24H28N4O4. The molecule has 1 aromatic carbocycles. The summed E-state index contributed by atoms with van der Waals surface area (Å²) >= 11 is 0. The van der Waals surface area contributed by atoms with E-state index in [1.54, 1.807) is 29.9 Å². The van der Waals surface area contributed by atoms with Gasteiger partial charge in [-0.1, -0.05) is 42.5 Å². The predicted octanol–water partition coefficient (Wildman–Crippen LogP) is 3.03. The number of carbonyl (C=O) groups is 3. The Kier molecular flexibility index (Phi) is 9.16. The average Bonchev–Trinajstić information content (AvgIpc) is 3.19. The van der Waals surface area contributed by atoms with E-state index < -0.39 is 5.97 Å². The van der Waals surface area contributed by atoms with Crippen LogP contribution >= 0.6 is 0 Å². The molecule has 32 heavy (non-hydrogen) atoms. The van der Waals surface area contributed by atoms with Gasteiger partial charge in [0.1, 0.15) is 0 Å². The molecule has 0 aliphatic carbocycles. The van der Waals surface area contributed by atoms with Gasteiger partial charge in [-0.3, -0.25) is 19.1 Å². The van der Waals surface area contributed by atoms with Crippen molar-refractivity contribution in [3.63, 3.8) is 0 Å². The zero-order chi connectivity index (χ0) is 23.5. The zero-order valence-corrected chi connectivity index (χ0v) is 18.5. The number of allylic oxidation sites excluding steroid dienone is 6. The summed E-state index contributed by atoms with van der Waals surface area (Å²) in [5.41, 5.74) is 3.34. The third kappa shape index (κ3) is 6.80. The van der Waals surface area contributed by atoms with E-state index in [-0.39, 0.29) is 24.8 Å². The van der Waals surface area contributed by atoms with Crippen molar-refractivity contribution in [3.8, 4) is 0 Å². The summed E-state index contributed by atoms with van der Waals surface area (Å²) in [6.45, 7) is 4.32. The molecule has 0 aliphatic heterocycles. The first-order valence-corrected chi connectivity index (χ1v) is 10.2. The van der Waals surface area contributed by atoms with Crippen molar-refractivity contribution in [2.24, 2.45) is 0 Å². The van der Waals surface area contributed by atoms with Crippen molar-refractivity contribution in [1.29, 1.82) is 0 Å². The predicted molar refractivity (Wildman–Crippen MR) is 123 cm³/mol. The van der Waals surface area contributed by atoms with E-state index >= 15 is 0 Å². The summed E-state index contributed by atoms with van der Waals surface area (Å²) in [5.74, 6) is -1.57. The topological polar surface area (TPSA) is 113 Å². The minimum absolute atomic E-state index is 0.0705. The molecule has 8 nitrogen and oxygen atoms in total. The number of hydrogen-bond donors (Lipinski definition) is 3. The number of rotatable bonds is 10. The maximum absolute atomic E-state index is 12.2. The highest BCUT2D eigenvalue weighted by Crippen LogP contribution is 2.20. The minimum Gasteiger partial charge on any atom is -0.481 e. The fourth-order valence-corrected chi connectivity index (χ4v) is 2.93. The quantitative estimate of drug-likeness (QED) is 0.496. The standard InChI is InChI=1S/C24H28N4O4/c1-4-6-8-18(7-5-2)21-15-20(24(32)25-3)27-28(21)16-17-9-11-19(12-10-17)23(31)26-14-13-22(29)30/h4-12,15H,13-14,16H2,1-3H3,(H,25,32)(H,26,31)(H,29,30)/b6-4-,7-5-,18-8+. The van der Waals surface area contributed by atoms with Gasteiger partial charge in [0.05, 0.1) is 18.7 Å². The number of amides is 2. The first-order chi connectivity index (χ1) is 15.4. The van der Waals surface area contributed by atoms with E-state index in [1.165, 1.54) is 0 Å².